The van der Waals surface area contributed by atoms with Gasteiger partial charge in [0.05, 0.1) is 13.5 Å². The highest BCUT2D eigenvalue weighted by Gasteiger charge is 2.21. The number of carbonyl (C=O) groups is 1. The summed E-state index contributed by atoms with van der Waals surface area (Å²) in [6.07, 6.45) is 2.00. The van der Waals surface area contributed by atoms with Crippen LogP contribution in [-0.4, -0.2) is 37.0 Å². The molecular formula is C21H24ClFN2O2. The molecule has 1 aliphatic heterocycles. The van der Waals surface area contributed by atoms with Gasteiger partial charge in [0.2, 0.25) is 5.91 Å². The molecular weight excluding hydrogens is 367 g/mol. The lowest BCUT2D eigenvalue weighted by Gasteiger charge is -2.32. The molecule has 0 bridgehead atoms. The van der Waals surface area contributed by atoms with Gasteiger partial charge in [0.25, 0.3) is 0 Å². The number of halogens is 2. The van der Waals surface area contributed by atoms with Crippen LogP contribution in [0.4, 0.5) is 4.39 Å². The Bertz CT molecular complexity index is 774. The van der Waals surface area contributed by atoms with Crippen LogP contribution in [-0.2, 0) is 17.8 Å². The summed E-state index contributed by atoms with van der Waals surface area (Å²) in [7, 11) is 1.42. The van der Waals surface area contributed by atoms with E-state index in [1.165, 1.54) is 18.7 Å². The standard InChI is InChI=1S/C21H24ClFN2O2/c1-27-20-7-4-16(12-19(20)23)13-21(26)24-18-8-10-25(11-9-18)14-15-2-5-17(22)6-3-15/h2-7,12,18H,8-11,13-14H2,1H3,(H,24,26). The van der Waals surface area contributed by atoms with Gasteiger partial charge >= 0.3 is 0 Å². The minimum Gasteiger partial charge on any atom is -0.494 e. The lowest BCUT2D eigenvalue weighted by molar-refractivity contribution is -0.121. The molecule has 4 nitrogen and oxygen atoms in total. The first-order chi connectivity index (χ1) is 13.0. The monoisotopic (exact) mass is 390 g/mol. The van der Waals surface area contributed by atoms with E-state index >= 15 is 0 Å². The van der Waals surface area contributed by atoms with Crippen molar-refractivity contribution in [2.24, 2.45) is 0 Å². The third-order valence-electron chi connectivity index (χ3n) is 4.85. The number of nitrogens with zero attached hydrogens (tertiary/aromatic N) is 1. The average molecular weight is 391 g/mol. The van der Waals surface area contributed by atoms with Crippen LogP contribution in [0, 0.1) is 5.82 Å². The number of hydrogen-bond donors (Lipinski definition) is 1. The highest BCUT2D eigenvalue weighted by molar-refractivity contribution is 6.30. The molecule has 2 aromatic rings. The van der Waals surface area contributed by atoms with Crippen LogP contribution >= 0.6 is 11.6 Å². The molecule has 27 heavy (non-hydrogen) atoms. The molecule has 1 aliphatic rings. The summed E-state index contributed by atoms with van der Waals surface area (Å²) in [5, 5.41) is 3.82. The van der Waals surface area contributed by atoms with Gasteiger partial charge in [-0.25, -0.2) is 4.39 Å². The molecule has 1 saturated heterocycles. The summed E-state index contributed by atoms with van der Waals surface area (Å²) in [4.78, 5) is 14.6. The molecule has 1 heterocycles. The first-order valence-electron chi connectivity index (χ1n) is 9.12. The second-order valence-corrected chi connectivity index (χ2v) is 7.33. The third-order valence-corrected chi connectivity index (χ3v) is 5.10. The van der Waals surface area contributed by atoms with Crippen molar-refractivity contribution in [3.8, 4) is 5.75 Å². The Labute approximate surface area is 164 Å². The van der Waals surface area contributed by atoms with E-state index in [1.54, 1.807) is 12.1 Å². The number of ether oxygens (including phenoxy) is 1. The van der Waals surface area contributed by atoms with E-state index in [2.05, 4.69) is 10.2 Å². The van der Waals surface area contributed by atoms with Gasteiger partial charge in [0.1, 0.15) is 0 Å². The normalized spacial score (nSPS) is 15.5. The van der Waals surface area contributed by atoms with Crippen LogP contribution in [0.1, 0.15) is 24.0 Å². The van der Waals surface area contributed by atoms with Crippen molar-refractivity contribution in [3.05, 3.63) is 64.4 Å². The van der Waals surface area contributed by atoms with E-state index in [1.807, 2.05) is 24.3 Å². The Hall–Kier alpha value is -2.11. The zero-order valence-corrected chi connectivity index (χ0v) is 16.1. The summed E-state index contributed by atoms with van der Waals surface area (Å²) in [5.41, 5.74) is 1.88. The number of nitrogens with one attached hydrogen (secondary N) is 1. The van der Waals surface area contributed by atoms with Gasteiger partial charge in [-0.2, -0.15) is 0 Å². The number of benzene rings is 2. The van der Waals surface area contributed by atoms with Gasteiger partial charge < -0.3 is 10.1 Å². The summed E-state index contributed by atoms with van der Waals surface area (Å²) < 4.78 is 18.6. The fourth-order valence-corrected chi connectivity index (χ4v) is 3.49. The lowest BCUT2D eigenvalue weighted by Crippen LogP contribution is -2.44. The Morgan fingerprint density at radius 2 is 1.85 bits per heavy atom. The molecule has 2 aromatic carbocycles. The maximum Gasteiger partial charge on any atom is 0.224 e. The van der Waals surface area contributed by atoms with Crippen molar-refractivity contribution < 1.29 is 13.9 Å². The Morgan fingerprint density at radius 3 is 2.48 bits per heavy atom. The van der Waals surface area contributed by atoms with E-state index in [-0.39, 0.29) is 24.1 Å². The Morgan fingerprint density at radius 1 is 1.19 bits per heavy atom. The average Bonchev–Trinajstić information content (AvgIpc) is 2.65. The molecule has 0 unspecified atom stereocenters. The number of amides is 1. The van der Waals surface area contributed by atoms with E-state index < -0.39 is 5.82 Å². The van der Waals surface area contributed by atoms with Gasteiger partial charge in [0, 0.05) is 30.7 Å². The molecule has 1 amide bonds. The fraction of sp³-hybridized carbons (Fsp3) is 0.381. The highest BCUT2D eigenvalue weighted by Crippen LogP contribution is 2.19. The highest BCUT2D eigenvalue weighted by atomic mass is 35.5. The maximum atomic E-state index is 13.7. The minimum absolute atomic E-state index is 0.0734. The van der Waals surface area contributed by atoms with Crippen LogP contribution in [0.3, 0.4) is 0 Å². The quantitative estimate of drug-likeness (QED) is 0.815. The van der Waals surface area contributed by atoms with Crippen molar-refractivity contribution in [1.82, 2.24) is 10.2 Å². The van der Waals surface area contributed by atoms with Crippen LogP contribution in [0.15, 0.2) is 42.5 Å². The summed E-state index contributed by atoms with van der Waals surface area (Å²) >= 11 is 5.92. The summed E-state index contributed by atoms with van der Waals surface area (Å²) in [5.74, 6) is -0.332. The van der Waals surface area contributed by atoms with Gasteiger partial charge in [-0.3, -0.25) is 9.69 Å². The van der Waals surface area contributed by atoms with Crippen LogP contribution in [0.25, 0.3) is 0 Å². The molecule has 0 aliphatic carbocycles. The molecule has 1 fully saturated rings. The van der Waals surface area contributed by atoms with E-state index in [9.17, 15) is 9.18 Å². The van der Waals surface area contributed by atoms with Gasteiger partial charge in [-0.05, 0) is 48.2 Å². The number of methoxy groups -OCH3 is 1. The number of piperidine rings is 1. The SMILES string of the molecule is COc1ccc(CC(=O)NC2CCN(Cc3ccc(Cl)cc3)CC2)cc1F. The predicted octanol–water partition coefficient (Wildman–Crippen LogP) is 3.81. The Kier molecular flexibility index (Phi) is 6.69. The Balaban J connectivity index is 1.43. The molecule has 0 radical (unpaired) electrons. The van der Waals surface area contributed by atoms with Crippen molar-refractivity contribution in [1.29, 1.82) is 0 Å². The van der Waals surface area contributed by atoms with Crippen LogP contribution < -0.4 is 10.1 Å². The lowest BCUT2D eigenvalue weighted by atomic mass is 10.0. The van der Waals surface area contributed by atoms with E-state index in [4.69, 9.17) is 16.3 Å². The predicted molar refractivity (Wildman–Crippen MR) is 105 cm³/mol. The zero-order chi connectivity index (χ0) is 19.2. The topological polar surface area (TPSA) is 41.6 Å². The molecule has 0 saturated carbocycles. The van der Waals surface area contributed by atoms with E-state index in [0.717, 1.165) is 37.5 Å². The van der Waals surface area contributed by atoms with Crippen molar-refractivity contribution in [3.63, 3.8) is 0 Å². The molecule has 0 atom stereocenters. The minimum atomic E-state index is -0.446. The number of hydrogen-bond acceptors (Lipinski definition) is 3. The molecule has 3 rings (SSSR count). The second-order valence-electron chi connectivity index (χ2n) is 6.89. The maximum absolute atomic E-state index is 13.7. The zero-order valence-electron chi connectivity index (χ0n) is 15.4. The van der Waals surface area contributed by atoms with E-state index in [0.29, 0.717) is 5.56 Å². The fourth-order valence-electron chi connectivity index (χ4n) is 3.37. The number of likely N-dealkylation sites (tertiary alicyclic amines) is 1. The first-order valence-corrected chi connectivity index (χ1v) is 9.50. The van der Waals surface area contributed by atoms with Crippen molar-refractivity contribution >= 4 is 17.5 Å². The molecule has 1 N–H and O–H groups in total. The van der Waals surface area contributed by atoms with Crippen molar-refractivity contribution in [2.45, 2.75) is 31.8 Å². The van der Waals surface area contributed by atoms with Crippen LogP contribution in [0.2, 0.25) is 5.02 Å². The third kappa shape index (κ3) is 5.68. The second kappa shape index (κ2) is 9.20. The molecule has 6 heteroatoms. The molecule has 0 spiro atoms. The van der Waals surface area contributed by atoms with Crippen LogP contribution in [0.5, 0.6) is 5.75 Å². The first kappa shape index (κ1) is 19.6. The molecule has 144 valence electrons. The number of carbonyl (C=O) groups excluding carboxylic acids is 1. The largest absolute Gasteiger partial charge is 0.494 e. The van der Waals surface area contributed by atoms with Gasteiger partial charge in [-0.15, -0.1) is 0 Å². The van der Waals surface area contributed by atoms with Gasteiger partial charge in [-0.1, -0.05) is 29.8 Å². The number of rotatable bonds is 6. The van der Waals surface area contributed by atoms with Crippen molar-refractivity contribution in [2.75, 3.05) is 20.2 Å². The smallest absolute Gasteiger partial charge is 0.224 e. The van der Waals surface area contributed by atoms with Gasteiger partial charge in [0.15, 0.2) is 11.6 Å². The summed E-state index contributed by atoms with van der Waals surface area (Å²) in [6.45, 7) is 2.76. The summed E-state index contributed by atoms with van der Waals surface area (Å²) in [6, 6.07) is 12.7. The molecule has 0 aromatic heterocycles.